The van der Waals surface area contributed by atoms with Crippen LogP contribution in [0.15, 0.2) is 24.3 Å². The lowest BCUT2D eigenvalue weighted by atomic mass is 10.0. The highest BCUT2D eigenvalue weighted by Gasteiger charge is 2.20. The number of allylic oxidation sites excluding steroid dienone is 4. The van der Waals surface area contributed by atoms with Crippen molar-refractivity contribution in [2.45, 2.75) is 431 Å². The lowest BCUT2D eigenvalue weighted by Crippen LogP contribution is -2.30. The molecule has 0 aromatic rings. The van der Waals surface area contributed by atoms with Crippen molar-refractivity contribution in [3.8, 4) is 0 Å². The third-order valence-electron chi connectivity index (χ3n) is 17.2. The molecule has 0 aliphatic rings. The van der Waals surface area contributed by atoms with Gasteiger partial charge in [0, 0.05) is 19.3 Å². The molecule has 6 heteroatoms. The van der Waals surface area contributed by atoms with Gasteiger partial charge in [-0.25, -0.2) is 0 Å². The van der Waals surface area contributed by atoms with E-state index in [2.05, 4.69) is 45.1 Å². The minimum atomic E-state index is -0.774. The van der Waals surface area contributed by atoms with Crippen LogP contribution in [0.5, 0.6) is 0 Å². The molecule has 0 amide bonds. The highest BCUT2D eigenvalue weighted by atomic mass is 16.6. The summed E-state index contributed by atoms with van der Waals surface area (Å²) in [7, 11) is 0. The SMILES string of the molecule is CCCCCCCC/C=C\CCCCCCCCCC(=O)OCC(COC(=O)CCCCCCCCCCCCCCCCCCCCCCCCCCCCCCCC)OC(=O)CCCCCCCCC/C=C\CCCCCCCC. The predicted molar refractivity (Wildman–Crippen MR) is 358 cm³/mol. The Morgan fingerprint density at radius 1 is 0.232 bits per heavy atom. The molecule has 6 nitrogen and oxygen atoms in total. The first-order valence-corrected chi connectivity index (χ1v) is 37.3. The maximum atomic E-state index is 13.0. The van der Waals surface area contributed by atoms with E-state index >= 15 is 0 Å². The minimum Gasteiger partial charge on any atom is -0.462 e. The van der Waals surface area contributed by atoms with Gasteiger partial charge in [-0.05, 0) is 70.6 Å². The van der Waals surface area contributed by atoms with Crippen LogP contribution in [-0.4, -0.2) is 37.2 Å². The van der Waals surface area contributed by atoms with Crippen LogP contribution in [-0.2, 0) is 28.6 Å². The Labute approximate surface area is 513 Å². The zero-order valence-electron chi connectivity index (χ0n) is 55.8. The third-order valence-corrected chi connectivity index (χ3v) is 17.2. The molecule has 1 unspecified atom stereocenters. The number of unbranched alkanes of at least 4 members (excludes halogenated alkanes) is 55. The molecule has 82 heavy (non-hydrogen) atoms. The molecule has 0 rings (SSSR count). The summed E-state index contributed by atoms with van der Waals surface area (Å²) in [6.07, 6.45) is 88.0. The molecule has 0 aromatic heterocycles. The van der Waals surface area contributed by atoms with E-state index < -0.39 is 6.10 Å². The van der Waals surface area contributed by atoms with E-state index in [1.54, 1.807) is 0 Å². The molecule has 0 saturated heterocycles. The average molecular weight is 1150 g/mol. The second-order valence-electron chi connectivity index (χ2n) is 25.6. The Morgan fingerprint density at radius 2 is 0.402 bits per heavy atom. The number of rotatable bonds is 70. The van der Waals surface area contributed by atoms with Crippen LogP contribution in [0, 0.1) is 0 Å². The summed E-state index contributed by atoms with van der Waals surface area (Å²) in [4.78, 5) is 38.5. The van der Waals surface area contributed by atoms with Crippen LogP contribution in [0.2, 0.25) is 0 Å². The van der Waals surface area contributed by atoms with E-state index in [1.807, 2.05) is 0 Å². The van der Waals surface area contributed by atoms with Crippen LogP contribution in [0.4, 0.5) is 0 Å². The van der Waals surface area contributed by atoms with Crippen LogP contribution in [0.25, 0.3) is 0 Å². The molecule has 0 radical (unpaired) electrons. The molecule has 0 fully saturated rings. The first-order chi connectivity index (χ1) is 40.5. The van der Waals surface area contributed by atoms with Crippen LogP contribution in [0.1, 0.15) is 425 Å². The van der Waals surface area contributed by atoms with Crippen LogP contribution in [0.3, 0.4) is 0 Å². The first-order valence-electron chi connectivity index (χ1n) is 37.3. The largest absolute Gasteiger partial charge is 0.462 e. The zero-order valence-corrected chi connectivity index (χ0v) is 55.8. The van der Waals surface area contributed by atoms with Gasteiger partial charge in [-0.1, -0.05) is 360 Å². The summed E-state index contributed by atoms with van der Waals surface area (Å²) < 4.78 is 17.0. The van der Waals surface area contributed by atoms with Crippen molar-refractivity contribution in [2.24, 2.45) is 0 Å². The molecule has 0 saturated carbocycles. The second-order valence-corrected chi connectivity index (χ2v) is 25.6. The molecule has 0 heterocycles. The quantitative estimate of drug-likeness (QED) is 0.0261. The van der Waals surface area contributed by atoms with Crippen LogP contribution >= 0.6 is 0 Å². The van der Waals surface area contributed by atoms with Gasteiger partial charge in [0.15, 0.2) is 6.10 Å². The van der Waals surface area contributed by atoms with Gasteiger partial charge in [0.1, 0.15) is 13.2 Å². The predicted octanol–water partition coefficient (Wildman–Crippen LogP) is 25.7. The van der Waals surface area contributed by atoms with E-state index in [0.29, 0.717) is 19.3 Å². The fraction of sp³-hybridized carbons (Fsp3) is 0.908. The number of carbonyl (C=O) groups excluding carboxylic acids is 3. The molecule has 484 valence electrons. The molecule has 0 N–H and O–H groups in total. The molecular weight excluding hydrogens is 1010 g/mol. The highest BCUT2D eigenvalue weighted by Crippen LogP contribution is 2.19. The van der Waals surface area contributed by atoms with E-state index in [0.717, 1.165) is 57.8 Å². The summed E-state index contributed by atoms with van der Waals surface area (Å²) in [5.74, 6) is -0.845. The molecule has 0 aliphatic carbocycles. The van der Waals surface area contributed by atoms with E-state index in [-0.39, 0.29) is 31.1 Å². The maximum Gasteiger partial charge on any atom is 0.306 e. The number of esters is 3. The van der Waals surface area contributed by atoms with Crippen molar-refractivity contribution in [3.63, 3.8) is 0 Å². The fourth-order valence-corrected chi connectivity index (χ4v) is 11.6. The summed E-state index contributed by atoms with van der Waals surface area (Å²) in [6, 6.07) is 0. The van der Waals surface area contributed by atoms with Gasteiger partial charge in [-0.15, -0.1) is 0 Å². The summed E-state index contributed by atoms with van der Waals surface area (Å²) in [5.41, 5.74) is 0. The smallest absolute Gasteiger partial charge is 0.306 e. The second kappa shape index (κ2) is 71.4. The van der Waals surface area contributed by atoms with E-state index in [1.165, 1.54) is 327 Å². The van der Waals surface area contributed by atoms with Gasteiger partial charge < -0.3 is 14.2 Å². The Bertz CT molecular complexity index is 1320. The molecule has 1 atom stereocenters. The van der Waals surface area contributed by atoms with Crippen molar-refractivity contribution in [1.29, 1.82) is 0 Å². The molecule has 0 aromatic carbocycles. The van der Waals surface area contributed by atoms with Gasteiger partial charge >= 0.3 is 17.9 Å². The number of ether oxygens (including phenoxy) is 3. The summed E-state index contributed by atoms with van der Waals surface area (Å²) in [6.45, 7) is 6.71. The Kier molecular flexibility index (Phi) is 69.5. The number of carbonyl (C=O) groups is 3. The Hall–Kier alpha value is -2.11. The lowest BCUT2D eigenvalue weighted by Gasteiger charge is -2.18. The van der Waals surface area contributed by atoms with Gasteiger partial charge in [-0.3, -0.25) is 14.4 Å². The van der Waals surface area contributed by atoms with Crippen molar-refractivity contribution >= 4 is 17.9 Å². The summed E-state index contributed by atoms with van der Waals surface area (Å²) >= 11 is 0. The van der Waals surface area contributed by atoms with E-state index in [9.17, 15) is 14.4 Å². The lowest BCUT2D eigenvalue weighted by molar-refractivity contribution is -0.167. The van der Waals surface area contributed by atoms with Crippen molar-refractivity contribution in [1.82, 2.24) is 0 Å². The number of hydrogen-bond acceptors (Lipinski definition) is 6. The third kappa shape index (κ3) is 68.7. The Morgan fingerprint density at radius 3 is 0.610 bits per heavy atom. The molecule has 0 bridgehead atoms. The number of hydrogen-bond donors (Lipinski definition) is 0. The topological polar surface area (TPSA) is 78.9 Å². The van der Waals surface area contributed by atoms with Crippen molar-refractivity contribution < 1.29 is 28.6 Å². The standard InChI is InChI=1S/C76H144O6/c1-4-7-10-13-16-19-22-25-28-31-32-33-34-35-36-37-38-39-40-41-42-43-46-48-51-54-57-60-63-66-69-75(78)81-72-73(82-76(79)70-67-64-61-58-55-52-49-45-30-27-24-21-18-15-12-9-6-3)71-80-74(77)68-65-62-59-56-53-50-47-44-29-26-23-20-17-14-11-8-5-2/h26-27,29-30,73H,4-25,28,31-72H2,1-3H3/b29-26-,30-27-. The van der Waals surface area contributed by atoms with Crippen LogP contribution < -0.4 is 0 Å². The summed E-state index contributed by atoms with van der Waals surface area (Å²) in [5, 5.41) is 0. The average Bonchev–Trinajstić information content (AvgIpc) is 3.47. The molecule has 0 aliphatic heterocycles. The van der Waals surface area contributed by atoms with Gasteiger partial charge in [-0.2, -0.15) is 0 Å². The van der Waals surface area contributed by atoms with E-state index in [4.69, 9.17) is 14.2 Å². The maximum absolute atomic E-state index is 13.0. The van der Waals surface area contributed by atoms with Crippen molar-refractivity contribution in [2.75, 3.05) is 13.2 Å². The monoisotopic (exact) mass is 1150 g/mol. The van der Waals surface area contributed by atoms with Crippen molar-refractivity contribution in [3.05, 3.63) is 24.3 Å². The van der Waals surface area contributed by atoms with Gasteiger partial charge in [0.25, 0.3) is 0 Å². The molecule has 0 spiro atoms. The molecular formula is C76H144O6. The highest BCUT2D eigenvalue weighted by molar-refractivity contribution is 5.71. The van der Waals surface area contributed by atoms with Gasteiger partial charge in [0.05, 0.1) is 0 Å². The minimum absolute atomic E-state index is 0.0689. The normalized spacial score (nSPS) is 12.1. The first kappa shape index (κ1) is 79.9. The van der Waals surface area contributed by atoms with Gasteiger partial charge in [0.2, 0.25) is 0 Å². The zero-order chi connectivity index (χ0) is 59.2. The Balaban J connectivity index is 4.18. The fourth-order valence-electron chi connectivity index (χ4n) is 11.6.